The monoisotopic (exact) mass is 875 g/mol. The van der Waals surface area contributed by atoms with Crippen LogP contribution in [-0.4, -0.2) is 84.9 Å². The van der Waals surface area contributed by atoms with Crippen LogP contribution in [0.3, 0.4) is 0 Å². The first kappa shape index (κ1) is 45.6. The molecule has 0 spiro atoms. The van der Waals surface area contributed by atoms with Crippen molar-refractivity contribution >= 4 is 28.7 Å². The maximum atomic E-state index is 13.5. The molecule has 13 nitrogen and oxygen atoms in total. The number of aromatic hydroxyl groups is 2. The molecule has 0 saturated carbocycles. The van der Waals surface area contributed by atoms with E-state index in [-0.39, 0.29) is 42.9 Å². The van der Waals surface area contributed by atoms with Gasteiger partial charge in [0.15, 0.2) is 11.5 Å². The smallest absolute Gasteiger partial charge is 0.248 e. The van der Waals surface area contributed by atoms with Gasteiger partial charge in [0.1, 0.15) is 28.6 Å². The Morgan fingerprint density at radius 3 is 1.81 bits per heavy atom. The number of amides is 3. The number of carbonyl (C=O) groups is 3. The third kappa shape index (κ3) is 10.0. The number of nitrogens with two attached hydrogens (primary N) is 1. The number of piperidine rings is 2. The molecule has 13 heteroatoms. The number of hydrogen-bond donors (Lipinski definition) is 3. The van der Waals surface area contributed by atoms with Crippen molar-refractivity contribution in [1.82, 2.24) is 9.80 Å². The van der Waals surface area contributed by atoms with E-state index in [2.05, 4.69) is 27.7 Å². The Hall–Kier alpha value is -6.37. The molecule has 0 bridgehead atoms. The molecular weight excluding hydrogens is 815 g/mol. The number of rotatable bonds is 11. The summed E-state index contributed by atoms with van der Waals surface area (Å²) in [6, 6.07) is 19.5. The van der Waals surface area contributed by atoms with Crippen LogP contribution in [0.25, 0.3) is 11.0 Å². The number of primary amides is 1. The van der Waals surface area contributed by atoms with Crippen LogP contribution in [0, 0.1) is 30.6 Å². The van der Waals surface area contributed by atoms with Gasteiger partial charge in [-0.25, -0.2) is 0 Å². The summed E-state index contributed by atoms with van der Waals surface area (Å²) in [7, 11) is 3.12. The van der Waals surface area contributed by atoms with Crippen molar-refractivity contribution in [3.63, 3.8) is 0 Å². The van der Waals surface area contributed by atoms with Crippen molar-refractivity contribution < 1.29 is 48.0 Å². The summed E-state index contributed by atoms with van der Waals surface area (Å²) in [6.07, 6.45) is 4.21. The van der Waals surface area contributed by atoms with Crippen LogP contribution in [0.15, 0.2) is 77.4 Å². The van der Waals surface area contributed by atoms with Gasteiger partial charge in [0.05, 0.1) is 25.9 Å². The highest BCUT2D eigenvalue weighted by atomic mass is 16.7. The molecule has 64 heavy (non-hydrogen) atoms. The van der Waals surface area contributed by atoms with E-state index in [0.29, 0.717) is 68.9 Å². The van der Waals surface area contributed by atoms with E-state index in [0.717, 1.165) is 61.1 Å². The number of phenols is 2. The first-order chi connectivity index (χ1) is 30.6. The van der Waals surface area contributed by atoms with E-state index >= 15 is 0 Å². The number of benzene rings is 4. The molecule has 5 aromatic rings. The van der Waals surface area contributed by atoms with Crippen LogP contribution < -0.4 is 24.7 Å². The lowest BCUT2D eigenvalue weighted by molar-refractivity contribution is -0.134. The maximum Gasteiger partial charge on any atom is 0.248 e. The van der Waals surface area contributed by atoms with Gasteiger partial charge in [-0.15, -0.1) is 0 Å². The third-order valence-electron chi connectivity index (χ3n) is 12.7. The Kier molecular flexibility index (Phi) is 14.0. The fraction of sp³-hybridized carbons (Fsp3) is 0.431. The van der Waals surface area contributed by atoms with Crippen molar-refractivity contribution in [2.75, 3.05) is 47.2 Å². The van der Waals surface area contributed by atoms with Gasteiger partial charge in [-0.3, -0.25) is 14.4 Å². The SMILES string of the molecule is COc1c(C(CC(=O)N2CC(C)CC(C)C2)c2ccc3c(c2)OCO3)c(O)cc2occc12.COc1cc(C)cc(O)c1C(CC(=O)N1CC(C)CC(C)C1)c1ccc(C(N)=O)cc1. The van der Waals surface area contributed by atoms with Gasteiger partial charge in [0.25, 0.3) is 0 Å². The second kappa shape index (κ2) is 19.6. The van der Waals surface area contributed by atoms with Crippen LogP contribution in [-0.2, 0) is 9.59 Å². The normalized spacial score (nSPS) is 20.2. The lowest BCUT2D eigenvalue weighted by atomic mass is 9.85. The molecule has 6 unspecified atom stereocenters. The quantitative estimate of drug-likeness (QED) is 0.116. The molecule has 3 aliphatic heterocycles. The highest BCUT2D eigenvalue weighted by Crippen LogP contribution is 2.47. The number of nitrogens with zero attached hydrogens (tertiary/aromatic N) is 2. The topological polar surface area (TPSA) is 174 Å². The first-order valence-corrected chi connectivity index (χ1v) is 22.1. The molecule has 4 aromatic carbocycles. The number of ether oxygens (including phenoxy) is 4. The highest BCUT2D eigenvalue weighted by molar-refractivity contribution is 5.93. The van der Waals surface area contributed by atoms with Gasteiger partial charge in [-0.2, -0.15) is 0 Å². The van der Waals surface area contributed by atoms with Crippen LogP contribution in [0.2, 0.25) is 0 Å². The molecule has 4 heterocycles. The second-order valence-electron chi connectivity index (χ2n) is 18.2. The molecule has 0 aliphatic carbocycles. The van der Waals surface area contributed by atoms with Gasteiger partial charge in [-0.05, 0) is 103 Å². The number of hydrogen-bond acceptors (Lipinski definition) is 10. The fourth-order valence-corrected chi connectivity index (χ4v) is 10.0. The number of furan rings is 1. The van der Waals surface area contributed by atoms with Crippen molar-refractivity contribution in [3.8, 4) is 34.5 Å². The third-order valence-corrected chi connectivity index (χ3v) is 12.7. The summed E-state index contributed by atoms with van der Waals surface area (Å²) in [5, 5.41) is 22.6. The van der Waals surface area contributed by atoms with Crippen molar-refractivity contribution in [3.05, 3.63) is 106 Å². The zero-order chi connectivity index (χ0) is 45.8. The van der Waals surface area contributed by atoms with Crippen molar-refractivity contribution in [2.24, 2.45) is 29.4 Å². The van der Waals surface area contributed by atoms with E-state index < -0.39 is 17.7 Å². The van der Waals surface area contributed by atoms with Gasteiger partial charge >= 0.3 is 0 Å². The fourth-order valence-electron chi connectivity index (χ4n) is 10.0. The van der Waals surface area contributed by atoms with Gasteiger partial charge in [0.2, 0.25) is 24.5 Å². The zero-order valence-corrected chi connectivity index (χ0v) is 37.9. The van der Waals surface area contributed by atoms with Crippen LogP contribution >= 0.6 is 0 Å². The van der Waals surface area contributed by atoms with Gasteiger partial charge < -0.3 is 49.1 Å². The highest BCUT2D eigenvalue weighted by Gasteiger charge is 2.34. The minimum atomic E-state index is -0.508. The first-order valence-electron chi connectivity index (χ1n) is 22.1. The van der Waals surface area contributed by atoms with Crippen LogP contribution in [0.4, 0.5) is 0 Å². The Bertz CT molecular complexity index is 2460. The molecule has 6 atom stereocenters. The lowest BCUT2D eigenvalue weighted by Gasteiger charge is -2.36. The maximum absolute atomic E-state index is 13.5. The zero-order valence-electron chi connectivity index (χ0n) is 37.9. The molecule has 2 fully saturated rings. The molecule has 4 N–H and O–H groups in total. The van der Waals surface area contributed by atoms with Crippen LogP contribution in [0.5, 0.6) is 34.5 Å². The van der Waals surface area contributed by atoms with Crippen molar-refractivity contribution in [2.45, 2.75) is 72.1 Å². The summed E-state index contributed by atoms with van der Waals surface area (Å²) < 4.78 is 27.9. The number of fused-ring (bicyclic) bond motifs is 2. The van der Waals surface area contributed by atoms with E-state index in [9.17, 15) is 24.6 Å². The molecule has 3 aliphatic rings. The number of carbonyl (C=O) groups excluding carboxylic acids is 3. The Labute approximate surface area is 375 Å². The summed E-state index contributed by atoms with van der Waals surface area (Å²) in [5.41, 5.74) is 9.98. The molecular formula is C51H61N3O10. The molecule has 8 rings (SSSR count). The number of aryl methyl sites for hydroxylation is 1. The second-order valence-corrected chi connectivity index (χ2v) is 18.2. The number of methoxy groups -OCH3 is 2. The predicted octanol–water partition coefficient (Wildman–Crippen LogP) is 8.74. The van der Waals surface area contributed by atoms with Crippen molar-refractivity contribution in [1.29, 1.82) is 0 Å². The Morgan fingerprint density at radius 2 is 1.25 bits per heavy atom. The molecule has 0 radical (unpaired) electrons. The largest absolute Gasteiger partial charge is 0.507 e. The van der Waals surface area contributed by atoms with Crippen LogP contribution in [0.1, 0.15) is 103 Å². The summed E-state index contributed by atoms with van der Waals surface area (Å²) in [4.78, 5) is 42.2. The predicted molar refractivity (Wildman–Crippen MR) is 243 cm³/mol. The Balaban J connectivity index is 0.000000192. The standard InChI is InChI=1S/C26H29NO6.C25H32N2O4/c1-15-8-16(2)13-27(12-15)24(29)10-19(17-4-5-21-23(9-17)33-14-32-21)25-20(28)11-22-18(6-7-31-22)26(25)30-3;1-15-10-21(28)24(22(11-15)31-4)20(18-5-7-19(8-6-18)25(26)30)12-23(29)27-13-16(2)9-17(3)14-27/h4-7,9,11,15-16,19,28H,8,10,12-14H2,1-3H3;5-8,10-11,16-17,20,28H,9,12-14H2,1-4H3,(H2,26,30). The molecule has 3 amide bonds. The summed E-state index contributed by atoms with van der Waals surface area (Å²) in [5.74, 6) is 3.07. The van der Waals surface area contributed by atoms with E-state index in [1.807, 2.05) is 47.1 Å². The number of phenolic OH excluding ortho intramolecular Hbond substituents is 2. The molecule has 2 saturated heterocycles. The average Bonchev–Trinajstić information content (AvgIpc) is 3.93. The Morgan fingerprint density at radius 1 is 0.703 bits per heavy atom. The molecule has 340 valence electrons. The minimum Gasteiger partial charge on any atom is -0.507 e. The van der Waals surface area contributed by atoms with E-state index in [4.69, 9.17) is 29.1 Å². The summed E-state index contributed by atoms with van der Waals surface area (Å²) in [6.45, 7) is 13.8. The lowest BCUT2D eigenvalue weighted by Crippen LogP contribution is -2.43. The minimum absolute atomic E-state index is 0.0325. The van der Waals surface area contributed by atoms with Gasteiger partial charge in [0, 0.05) is 73.6 Å². The number of likely N-dealkylation sites (tertiary alicyclic amines) is 2. The molecule has 1 aromatic heterocycles. The summed E-state index contributed by atoms with van der Waals surface area (Å²) >= 11 is 0. The van der Waals surface area contributed by atoms with E-state index in [1.54, 1.807) is 56.9 Å². The van der Waals surface area contributed by atoms with E-state index in [1.165, 1.54) is 0 Å². The average molecular weight is 876 g/mol. The van der Waals surface area contributed by atoms with Gasteiger partial charge in [-0.1, -0.05) is 45.9 Å².